The van der Waals surface area contributed by atoms with E-state index in [9.17, 15) is 0 Å². The lowest BCUT2D eigenvalue weighted by atomic mass is 9.33. The zero-order valence-electron chi connectivity index (χ0n) is 35.0. The van der Waals surface area contributed by atoms with E-state index in [1.54, 1.807) is 0 Å². The van der Waals surface area contributed by atoms with Gasteiger partial charge in [0.1, 0.15) is 0 Å². The van der Waals surface area contributed by atoms with Crippen LogP contribution in [0.2, 0.25) is 0 Å². The van der Waals surface area contributed by atoms with Gasteiger partial charge in [0.15, 0.2) is 0 Å². The van der Waals surface area contributed by atoms with Crippen molar-refractivity contribution in [2.24, 2.45) is 0 Å². The predicted molar refractivity (Wildman–Crippen MR) is 255 cm³/mol. The molecule has 286 valence electrons. The molecule has 7 aromatic carbocycles. The molecule has 10 rings (SSSR count). The number of hydrogen-bond donors (Lipinski definition) is 0. The van der Waals surface area contributed by atoms with E-state index in [0.29, 0.717) is 23.7 Å². The number of benzene rings is 7. The van der Waals surface area contributed by atoms with Gasteiger partial charge < -0.3 is 9.80 Å². The minimum Gasteiger partial charge on any atom is -0.311 e. The monoisotopic (exact) mass is 770 g/mol. The largest absolute Gasteiger partial charge is 0.311 e. The van der Waals surface area contributed by atoms with Crippen molar-refractivity contribution in [1.82, 2.24) is 0 Å². The van der Waals surface area contributed by atoms with E-state index in [2.05, 4.69) is 205 Å². The second-order valence-corrected chi connectivity index (χ2v) is 18.8. The van der Waals surface area contributed by atoms with Gasteiger partial charge in [-0.25, -0.2) is 0 Å². The predicted octanol–water partition coefficient (Wildman–Crippen LogP) is 14.3. The van der Waals surface area contributed by atoms with Gasteiger partial charge in [-0.15, -0.1) is 11.3 Å². The number of nitrogens with zero attached hydrogens (tertiary/aromatic N) is 2. The molecule has 0 bridgehead atoms. The quantitative estimate of drug-likeness (QED) is 0.149. The highest BCUT2D eigenvalue weighted by Crippen LogP contribution is 2.49. The van der Waals surface area contributed by atoms with Crippen molar-refractivity contribution in [3.8, 4) is 11.1 Å². The van der Waals surface area contributed by atoms with Crippen molar-refractivity contribution in [1.29, 1.82) is 0 Å². The molecule has 2 aliphatic heterocycles. The highest BCUT2D eigenvalue weighted by molar-refractivity contribution is 7.26. The molecule has 0 atom stereocenters. The summed E-state index contributed by atoms with van der Waals surface area (Å²) in [6, 6.07) is 53.9. The van der Waals surface area contributed by atoms with Crippen molar-refractivity contribution >= 4 is 88.7 Å². The smallest absolute Gasteiger partial charge is 0.252 e. The summed E-state index contributed by atoms with van der Waals surface area (Å²) in [7, 11) is 0. The maximum absolute atomic E-state index is 2.61. The van der Waals surface area contributed by atoms with Crippen molar-refractivity contribution in [2.75, 3.05) is 9.80 Å². The zero-order valence-corrected chi connectivity index (χ0v) is 35.8. The van der Waals surface area contributed by atoms with Crippen LogP contribution in [0.4, 0.5) is 34.1 Å². The van der Waals surface area contributed by atoms with Crippen LogP contribution in [0.3, 0.4) is 0 Å². The third kappa shape index (κ3) is 5.75. The maximum atomic E-state index is 2.61. The first-order valence-corrected chi connectivity index (χ1v) is 22.1. The van der Waals surface area contributed by atoms with Gasteiger partial charge in [-0.2, -0.15) is 0 Å². The molecule has 0 N–H and O–H groups in total. The lowest BCUT2D eigenvalue weighted by Gasteiger charge is -2.45. The van der Waals surface area contributed by atoms with Crippen LogP contribution in [0.15, 0.2) is 140 Å². The molecule has 0 amide bonds. The average molecular weight is 771 g/mol. The summed E-state index contributed by atoms with van der Waals surface area (Å²) in [5.74, 6) is 1.69. The fourth-order valence-electron chi connectivity index (χ4n) is 9.53. The Hall–Kier alpha value is -5.58. The van der Waals surface area contributed by atoms with Gasteiger partial charge in [-0.3, -0.25) is 0 Å². The molecule has 0 spiro atoms. The first kappa shape index (κ1) is 36.7. The van der Waals surface area contributed by atoms with E-state index in [-0.39, 0.29) is 6.71 Å². The van der Waals surface area contributed by atoms with E-state index in [4.69, 9.17) is 0 Å². The zero-order chi connectivity index (χ0) is 40.0. The van der Waals surface area contributed by atoms with Gasteiger partial charge in [0.2, 0.25) is 0 Å². The van der Waals surface area contributed by atoms with Crippen LogP contribution >= 0.6 is 11.3 Å². The minimum absolute atomic E-state index is 0.0838. The molecule has 0 aliphatic carbocycles. The Kier molecular flexibility index (Phi) is 8.91. The van der Waals surface area contributed by atoms with Crippen LogP contribution in [0.5, 0.6) is 0 Å². The van der Waals surface area contributed by atoms with E-state index >= 15 is 0 Å². The van der Waals surface area contributed by atoms with E-state index < -0.39 is 0 Å². The summed E-state index contributed by atoms with van der Waals surface area (Å²) in [4.78, 5) is 5.15. The third-order valence-corrected chi connectivity index (χ3v) is 14.0. The normalized spacial score (nSPS) is 13.3. The van der Waals surface area contributed by atoms with Crippen LogP contribution in [-0.4, -0.2) is 6.71 Å². The first-order chi connectivity index (χ1) is 28.1. The van der Waals surface area contributed by atoms with E-state index in [0.717, 1.165) is 0 Å². The molecule has 3 heterocycles. The molecule has 4 heteroatoms. The Bertz CT molecular complexity index is 2880. The number of fused-ring (bicyclic) bond motifs is 7. The Morgan fingerprint density at radius 3 is 1.57 bits per heavy atom. The number of hydrogen-bond acceptors (Lipinski definition) is 3. The molecule has 0 unspecified atom stereocenters. The number of rotatable bonds is 7. The van der Waals surface area contributed by atoms with Crippen LogP contribution in [0.1, 0.15) is 101 Å². The SMILES string of the molecule is CC(C)c1ccc(N2c3ccc(C(C)C)cc3B3c4cc(C(C)C)ccc4N(c4ccc(C(C)C)cc4-c4cccc5c4sc4ccccc45)c4cccc2c43)cc1. The van der Waals surface area contributed by atoms with E-state index in [1.165, 1.54) is 104 Å². The fourth-order valence-corrected chi connectivity index (χ4v) is 10.8. The highest BCUT2D eigenvalue weighted by atomic mass is 32.1. The standard InChI is InChI=1S/C54H51BN2S/c1-32(2)36-19-24-40(25-20-36)56-48-27-22-38(34(5)6)30-45(48)55-46-31-39(35(7)8)23-28-49(46)57(51-17-12-16-50(56)53(51)55)47-26-21-37(33(3)4)29-44(47)43-15-11-14-42-41-13-9-10-18-52(41)58-54(42)43/h9-35H,1-8H3. The fraction of sp³-hybridized carbons (Fsp3) is 0.222. The van der Waals surface area contributed by atoms with Crippen molar-refractivity contribution in [2.45, 2.75) is 79.1 Å². The van der Waals surface area contributed by atoms with E-state index in [1.807, 2.05) is 11.3 Å². The van der Waals surface area contributed by atoms with Gasteiger partial charge >= 0.3 is 0 Å². The summed E-state index contributed by atoms with van der Waals surface area (Å²) >= 11 is 1.92. The first-order valence-electron chi connectivity index (χ1n) is 21.2. The molecule has 2 aliphatic rings. The second kappa shape index (κ2) is 14.1. The highest BCUT2D eigenvalue weighted by Gasteiger charge is 2.44. The third-order valence-electron chi connectivity index (χ3n) is 12.8. The molecule has 58 heavy (non-hydrogen) atoms. The average Bonchev–Trinajstić information content (AvgIpc) is 3.62. The summed E-state index contributed by atoms with van der Waals surface area (Å²) < 4.78 is 2.68. The van der Waals surface area contributed by atoms with Crippen molar-refractivity contribution < 1.29 is 0 Å². The summed E-state index contributed by atoms with van der Waals surface area (Å²) in [5.41, 5.74) is 19.6. The Morgan fingerprint density at radius 2 is 0.931 bits per heavy atom. The summed E-state index contributed by atoms with van der Waals surface area (Å²) in [6.07, 6.45) is 0. The molecule has 0 saturated heterocycles. The van der Waals surface area contributed by atoms with Gasteiger partial charge in [0.05, 0.1) is 5.69 Å². The molecule has 0 radical (unpaired) electrons. The molecule has 0 fully saturated rings. The van der Waals surface area contributed by atoms with Gasteiger partial charge in [0.25, 0.3) is 6.71 Å². The number of anilines is 6. The lowest BCUT2D eigenvalue weighted by Crippen LogP contribution is -2.61. The molecule has 2 nitrogen and oxygen atoms in total. The van der Waals surface area contributed by atoms with Crippen LogP contribution < -0.4 is 26.2 Å². The second-order valence-electron chi connectivity index (χ2n) is 17.7. The topological polar surface area (TPSA) is 6.48 Å². The van der Waals surface area contributed by atoms with Crippen LogP contribution in [-0.2, 0) is 0 Å². The Labute approximate surface area is 348 Å². The van der Waals surface area contributed by atoms with Crippen molar-refractivity contribution in [3.63, 3.8) is 0 Å². The molecule has 1 aromatic heterocycles. The molecular formula is C54H51BN2S. The van der Waals surface area contributed by atoms with Crippen molar-refractivity contribution in [3.05, 3.63) is 162 Å². The van der Waals surface area contributed by atoms with Crippen LogP contribution in [0, 0.1) is 0 Å². The minimum atomic E-state index is 0.0838. The molecule has 0 saturated carbocycles. The summed E-state index contributed by atoms with van der Waals surface area (Å²) in [6.45, 7) is 18.5. The number of thiophene rings is 1. The maximum Gasteiger partial charge on any atom is 0.252 e. The lowest BCUT2D eigenvalue weighted by molar-refractivity contribution is 0.866. The Balaban J connectivity index is 1.29. The van der Waals surface area contributed by atoms with Crippen LogP contribution in [0.25, 0.3) is 31.3 Å². The molecular weight excluding hydrogens is 719 g/mol. The van der Waals surface area contributed by atoms with Gasteiger partial charge in [0, 0.05) is 59.7 Å². The van der Waals surface area contributed by atoms with Gasteiger partial charge in [-0.05, 0) is 117 Å². The Morgan fingerprint density at radius 1 is 0.414 bits per heavy atom. The molecule has 8 aromatic rings. The summed E-state index contributed by atoms with van der Waals surface area (Å²) in [5, 5.41) is 2.66. The van der Waals surface area contributed by atoms with Gasteiger partial charge in [-0.1, -0.05) is 140 Å².